The van der Waals surface area contributed by atoms with Crippen molar-refractivity contribution in [3.8, 4) is 5.75 Å². The van der Waals surface area contributed by atoms with E-state index in [1.165, 1.54) is 0 Å². The molecule has 0 aliphatic heterocycles. The molecule has 0 fully saturated rings. The van der Waals surface area contributed by atoms with Crippen LogP contribution in [0.1, 0.15) is 26.7 Å². The van der Waals surface area contributed by atoms with Crippen LogP contribution < -0.4 is 10.1 Å². The molecular formula is C14H23NO2. The van der Waals surface area contributed by atoms with Crippen LogP contribution in [0.5, 0.6) is 5.75 Å². The maximum atomic E-state index is 9.51. The topological polar surface area (TPSA) is 41.5 Å². The van der Waals surface area contributed by atoms with Gasteiger partial charge in [0.05, 0.1) is 19.4 Å². The third kappa shape index (κ3) is 3.37. The first-order valence-corrected chi connectivity index (χ1v) is 6.19. The van der Waals surface area contributed by atoms with Gasteiger partial charge in [0.2, 0.25) is 0 Å². The second-order valence-electron chi connectivity index (χ2n) is 4.42. The van der Waals surface area contributed by atoms with E-state index in [0.29, 0.717) is 0 Å². The summed E-state index contributed by atoms with van der Waals surface area (Å²) in [4.78, 5) is 0. The smallest absolute Gasteiger partial charge is 0.141 e. The summed E-state index contributed by atoms with van der Waals surface area (Å²) in [6.07, 6.45) is 1.92. The van der Waals surface area contributed by atoms with Gasteiger partial charge in [-0.05, 0) is 25.0 Å². The van der Waals surface area contributed by atoms with Crippen molar-refractivity contribution in [3.05, 3.63) is 24.3 Å². The Kier molecular flexibility index (Phi) is 5.29. The van der Waals surface area contributed by atoms with Crippen molar-refractivity contribution in [3.63, 3.8) is 0 Å². The van der Waals surface area contributed by atoms with Gasteiger partial charge >= 0.3 is 0 Å². The quantitative estimate of drug-likeness (QED) is 0.766. The lowest BCUT2D eigenvalue weighted by molar-refractivity contribution is 0.127. The largest absolute Gasteiger partial charge is 0.495 e. The highest BCUT2D eigenvalue weighted by Gasteiger charge is 2.25. The van der Waals surface area contributed by atoms with E-state index in [1.807, 2.05) is 24.3 Å². The molecule has 0 radical (unpaired) electrons. The zero-order valence-electron chi connectivity index (χ0n) is 11.0. The van der Waals surface area contributed by atoms with Crippen molar-refractivity contribution in [2.24, 2.45) is 5.41 Å². The van der Waals surface area contributed by atoms with E-state index in [1.54, 1.807) is 7.11 Å². The third-order valence-corrected chi connectivity index (χ3v) is 3.60. The number of benzene rings is 1. The van der Waals surface area contributed by atoms with Crippen LogP contribution in [0.2, 0.25) is 0 Å². The van der Waals surface area contributed by atoms with Gasteiger partial charge in [-0.1, -0.05) is 26.0 Å². The Labute approximate surface area is 104 Å². The fourth-order valence-corrected chi connectivity index (χ4v) is 1.85. The molecular weight excluding hydrogens is 214 g/mol. The van der Waals surface area contributed by atoms with Crippen molar-refractivity contribution in [1.29, 1.82) is 0 Å². The lowest BCUT2D eigenvalue weighted by Gasteiger charge is -2.30. The van der Waals surface area contributed by atoms with Gasteiger partial charge in [-0.15, -0.1) is 0 Å². The standard InChI is InChI=1S/C14H23NO2/c1-4-14(5-2,11-16)10-15-12-8-6-7-9-13(12)17-3/h6-9,15-16H,4-5,10-11H2,1-3H3. The normalized spacial score (nSPS) is 11.3. The molecule has 0 aliphatic carbocycles. The molecule has 0 unspecified atom stereocenters. The molecule has 17 heavy (non-hydrogen) atoms. The molecule has 1 rings (SSSR count). The summed E-state index contributed by atoms with van der Waals surface area (Å²) in [6, 6.07) is 7.85. The Hall–Kier alpha value is -1.22. The predicted molar refractivity (Wildman–Crippen MR) is 71.6 cm³/mol. The molecule has 0 spiro atoms. The van der Waals surface area contributed by atoms with Gasteiger partial charge < -0.3 is 15.2 Å². The van der Waals surface area contributed by atoms with Crippen molar-refractivity contribution < 1.29 is 9.84 Å². The number of aliphatic hydroxyl groups excluding tert-OH is 1. The summed E-state index contributed by atoms with van der Waals surface area (Å²) in [7, 11) is 1.67. The number of para-hydroxylation sites is 2. The van der Waals surface area contributed by atoms with E-state index in [-0.39, 0.29) is 12.0 Å². The molecule has 0 heterocycles. The fraction of sp³-hybridized carbons (Fsp3) is 0.571. The molecule has 0 bridgehead atoms. The Morgan fingerprint density at radius 3 is 2.41 bits per heavy atom. The van der Waals surface area contributed by atoms with Crippen LogP contribution in [0, 0.1) is 5.41 Å². The summed E-state index contributed by atoms with van der Waals surface area (Å²) < 4.78 is 5.29. The van der Waals surface area contributed by atoms with Gasteiger partial charge in [0.1, 0.15) is 5.75 Å². The predicted octanol–water partition coefficient (Wildman–Crippen LogP) is 2.91. The number of methoxy groups -OCH3 is 1. The van der Waals surface area contributed by atoms with Crippen molar-refractivity contribution in [2.75, 3.05) is 25.6 Å². The number of aliphatic hydroxyl groups is 1. The van der Waals surface area contributed by atoms with Crippen molar-refractivity contribution in [2.45, 2.75) is 26.7 Å². The maximum Gasteiger partial charge on any atom is 0.141 e. The molecule has 0 aromatic heterocycles. The monoisotopic (exact) mass is 237 g/mol. The first-order chi connectivity index (χ1) is 8.21. The maximum absolute atomic E-state index is 9.51. The van der Waals surface area contributed by atoms with Crippen molar-refractivity contribution in [1.82, 2.24) is 0 Å². The molecule has 1 aromatic rings. The minimum atomic E-state index is -0.0408. The van der Waals surface area contributed by atoms with Crippen molar-refractivity contribution >= 4 is 5.69 Å². The molecule has 0 aliphatic rings. The number of nitrogens with one attached hydrogen (secondary N) is 1. The Balaban J connectivity index is 2.71. The van der Waals surface area contributed by atoms with E-state index in [2.05, 4.69) is 19.2 Å². The van der Waals surface area contributed by atoms with E-state index in [0.717, 1.165) is 30.8 Å². The van der Waals surface area contributed by atoms with Crippen LogP contribution in [0.25, 0.3) is 0 Å². The summed E-state index contributed by atoms with van der Waals surface area (Å²) in [5, 5.41) is 12.9. The SMILES string of the molecule is CCC(CC)(CO)CNc1ccccc1OC. The van der Waals surface area contributed by atoms with E-state index >= 15 is 0 Å². The summed E-state index contributed by atoms with van der Waals surface area (Å²) in [6.45, 7) is 5.20. The highest BCUT2D eigenvalue weighted by molar-refractivity contribution is 5.56. The number of hydrogen-bond acceptors (Lipinski definition) is 3. The minimum absolute atomic E-state index is 0.0408. The van der Waals surface area contributed by atoms with Gasteiger partial charge in [0.15, 0.2) is 0 Å². The first kappa shape index (κ1) is 13.8. The summed E-state index contributed by atoms with van der Waals surface area (Å²) in [5.74, 6) is 0.839. The van der Waals surface area contributed by atoms with Gasteiger partial charge in [-0.25, -0.2) is 0 Å². The molecule has 2 N–H and O–H groups in total. The van der Waals surface area contributed by atoms with Crippen LogP contribution in [0.3, 0.4) is 0 Å². The molecule has 0 saturated heterocycles. The Morgan fingerprint density at radius 1 is 1.24 bits per heavy atom. The van der Waals surface area contributed by atoms with Gasteiger partial charge in [-0.3, -0.25) is 0 Å². The van der Waals surface area contributed by atoms with Crippen LogP contribution >= 0.6 is 0 Å². The van der Waals surface area contributed by atoms with Crippen LogP contribution in [-0.2, 0) is 0 Å². The summed E-state index contributed by atoms with van der Waals surface area (Å²) in [5.41, 5.74) is 0.940. The van der Waals surface area contributed by atoms with Crippen LogP contribution in [-0.4, -0.2) is 25.4 Å². The molecule has 1 aromatic carbocycles. The number of anilines is 1. The second-order valence-corrected chi connectivity index (χ2v) is 4.42. The zero-order chi connectivity index (χ0) is 12.7. The van der Waals surface area contributed by atoms with Gasteiger partial charge in [0, 0.05) is 12.0 Å². The van der Waals surface area contributed by atoms with Gasteiger partial charge in [0.25, 0.3) is 0 Å². The highest BCUT2D eigenvalue weighted by Crippen LogP contribution is 2.29. The molecule has 0 amide bonds. The molecule has 0 saturated carbocycles. The van der Waals surface area contributed by atoms with Gasteiger partial charge in [-0.2, -0.15) is 0 Å². The molecule has 3 nitrogen and oxygen atoms in total. The minimum Gasteiger partial charge on any atom is -0.495 e. The lowest BCUT2D eigenvalue weighted by atomic mass is 9.83. The second kappa shape index (κ2) is 6.50. The molecule has 3 heteroatoms. The molecule has 96 valence electrons. The summed E-state index contributed by atoms with van der Waals surface area (Å²) >= 11 is 0. The average molecular weight is 237 g/mol. The average Bonchev–Trinajstić information content (AvgIpc) is 2.41. The van der Waals surface area contributed by atoms with Crippen LogP contribution in [0.15, 0.2) is 24.3 Å². The Morgan fingerprint density at radius 2 is 1.88 bits per heavy atom. The van der Waals surface area contributed by atoms with E-state index in [4.69, 9.17) is 4.74 Å². The zero-order valence-corrected chi connectivity index (χ0v) is 11.0. The number of rotatable bonds is 7. The Bertz CT molecular complexity index is 326. The third-order valence-electron chi connectivity index (χ3n) is 3.60. The fourth-order valence-electron chi connectivity index (χ4n) is 1.85. The highest BCUT2D eigenvalue weighted by atomic mass is 16.5. The number of hydrogen-bond donors (Lipinski definition) is 2. The molecule has 0 atom stereocenters. The lowest BCUT2D eigenvalue weighted by Crippen LogP contribution is -2.32. The van der Waals surface area contributed by atoms with E-state index < -0.39 is 0 Å². The number of ether oxygens (including phenoxy) is 1. The first-order valence-electron chi connectivity index (χ1n) is 6.19. The van der Waals surface area contributed by atoms with Crippen LogP contribution in [0.4, 0.5) is 5.69 Å². The van der Waals surface area contributed by atoms with E-state index in [9.17, 15) is 5.11 Å².